The Morgan fingerprint density at radius 1 is 1.24 bits per heavy atom. The second-order valence-electron chi connectivity index (χ2n) is 5.62. The Balaban J connectivity index is 1.50. The van der Waals surface area contributed by atoms with Crippen molar-refractivity contribution in [3.8, 4) is 0 Å². The highest BCUT2D eigenvalue weighted by molar-refractivity contribution is 6.35. The molecule has 2 heterocycles. The molecule has 1 aliphatic rings. The first-order valence-corrected chi connectivity index (χ1v) is 8.72. The second-order valence-corrected chi connectivity index (χ2v) is 6.47. The minimum atomic E-state index is -0.380. The van der Waals surface area contributed by atoms with Gasteiger partial charge in [0.25, 0.3) is 0 Å². The Morgan fingerprint density at radius 2 is 2.04 bits per heavy atom. The van der Waals surface area contributed by atoms with Crippen molar-refractivity contribution < 1.29 is 13.9 Å². The number of aromatic nitrogens is 2. The van der Waals surface area contributed by atoms with E-state index < -0.39 is 0 Å². The molecule has 1 aliphatic heterocycles. The lowest BCUT2D eigenvalue weighted by Gasteiger charge is -2.26. The van der Waals surface area contributed by atoms with Gasteiger partial charge in [0.15, 0.2) is 0 Å². The summed E-state index contributed by atoms with van der Waals surface area (Å²) in [4.78, 5) is 14.3. The lowest BCUT2D eigenvalue weighted by atomic mass is 10.1. The normalized spacial score (nSPS) is 15.3. The first-order valence-electron chi connectivity index (χ1n) is 7.96. The summed E-state index contributed by atoms with van der Waals surface area (Å²) in [5.74, 6) is -0.112. The van der Waals surface area contributed by atoms with E-state index in [2.05, 4.69) is 20.4 Å². The van der Waals surface area contributed by atoms with E-state index in [4.69, 9.17) is 32.4 Å². The maximum Gasteiger partial charge on any atom is 0.308 e. The van der Waals surface area contributed by atoms with E-state index in [0.717, 1.165) is 38.4 Å². The van der Waals surface area contributed by atoms with E-state index >= 15 is 0 Å². The van der Waals surface area contributed by atoms with E-state index in [1.165, 1.54) is 0 Å². The largest absolute Gasteiger partial charge is 0.417 e. The molecule has 1 amide bonds. The van der Waals surface area contributed by atoms with Crippen LogP contribution in [0.5, 0.6) is 0 Å². The molecule has 0 spiro atoms. The van der Waals surface area contributed by atoms with E-state index in [1.54, 1.807) is 18.2 Å². The van der Waals surface area contributed by atoms with Gasteiger partial charge in [-0.2, -0.15) is 0 Å². The Labute approximate surface area is 155 Å². The van der Waals surface area contributed by atoms with Gasteiger partial charge in [-0.25, -0.2) is 0 Å². The maximum absolute atomic E-state index is 12.1. The van der Waals surface area contributed by atoms with Gasteiger partial charge in [-0.05, 0) is 17.7 Å². The number of ether oxygens (including phenoxy) is 1. The molecular formula is C16H18Cl2N4O3. The van der Waals surface area contributed by atoms with Crippen LogP contribution in [0.4, 0.5) is 0 Å². The number of nitrogens with one attached hydrogen (secondary N) is 1. The van der Waals surface area contributed by atoms with Gasteiger partial charge in [0.1, 0.15) is 0 Å². The average Bonchev–Trinajstić information content (AvgIpc) is 3.07. The minimum absolute atomic E-state index is 0.0536. The monoisotopic (exact) mass is 384 g/mol. The highest BCUT2D eigenvalue weighted by atomic mass is 35.5. The van der Waals surface area contributed by atoms with Crippen LogP contribution >= 0.6 is 23.2 Å². The average molecular weight is 385 g/mol. The molecule has 0 radical (unpaired) electrons. The van der Waals surface area contributed by atoms with Crippen LogP contribution in [-0.2, 0) is 11.2 Å². The number of carbonyl (C=O) groups excluding carboxylic acids is 1. The molecule has 0 atom stereocenters. The van der Waals surface area contributed by atoms with Crippen LogP contribution in [-0.4, -0.2) is 60.4 Å². The molecule has 0 saturated carbocycles. The molecule has 0 bridgehead atoms. The summed E-state index contributed by atoms with van der Waals surface area (Å²) in [6.45, 7) is 4.49. The lowest BCUT2D eigenvalue weighted by molar-refractivity contribution is 0.0382. The molecule has 1 N–H and O–H groups in total. The highest BCUT2D eigenvalue weighted by Gasteiger charge is 2.16. The summed E-state index contributed by atoms with van der Waals surface area (Å²) in [5.41, 5.74) is 0.800. The van der Waals surface area contributed by atoms with Gasteiger partial charge in [0.2, 0.25) is 5.89 Å². The number of hydrogen-bond donors (Lipinski definition) is 1. The molecule has 1 fully saturated rings. The van der Waals surface area contributed by atoms with Gasteiger partial charge < -0.3 is 14.5 Å². The van der Waals surface area contributed by atoms with Crippen LogP contribution in [0.15, 0.2) is 22.6 Å². The van der Waals surface area contributed by atoms with Crippen molar-refractivity contribution in [3.63, 3.8) is 0 Å². The summed E-state index contributed by atoms with van der Waals surface area (Å²) >= 11 is 12.0. The zero-order chi connectivity index (χ0) is 17.6. The van der Waals surface area contributed by atoms with Gasteiger partial charge in [-0.15, -0.1) is 10.2 Å². The van der Waals surface area contributed by atoms with Crippen LogP contribution in [0.2, 0.25) is 10.0 Å². The van der Waals surface area contributed by atoms with Crippen molar-refractivity contribution in [1.29, 1.82) is 0 Å². The molecule has 1 saturated heterocycles. The summed E-state index contributed by atoms with van der Waals surface area (Å²) in [7, 11) is 0. The van der Waals surface area contributed by atoms with Crippen molar-refractivity contribution in [3.05, 3.63) is 45.6 Å². The molecule has 1 aromatic carbocycles. The Morgan fingerprint density at radius 3 is 2.80 bits per heavy atom. The number of amides is 1. The summed E-state index contributed by atoms with van der Waals surface area (Å²) < 4.78 is 10.7. The van der Waals surface area contributed by atoms with Crippen LogP contribution in [0.1, 0.15) is 22.1 Å². The number of carbonyl (C=O) groups is 1. The summed E-state index contributed by atoms with van der Waals surface area (Å²) in [5, 5.41) is 11.5. The number of halogens is 2. The van der Waals surface area contributed by atoms with E-state index in [9.17, 15) is 4.79 Å². The van der Waals surface area contributed by atoms with Crippen molar-refractivity contribution in [1.82, 2.24) is 20.4 Å². The topological polar surface area (TPSA) is 80.5 Å². The molecule has 7 nitrogen and oxygen atoms in total. The van der Waals surface area contributed by atoms with Crippen molar-refractivity contribution in [2.75, 3.05) is 39.4 Å². The predicted octanol–water partition coefficient (Wildman–Crippen LogP) is 2.03. The fraction of sp³-hybridized carbons (Fsp3) is 0.438. The molecule has 0 aliphatic carbocycles. The quantitative estimate of drug-likeness (QED) is 0.820. The second kappa shape index (κ2) is 8.62. The van der Waals surface area contributed by atoms with Gasteiger partial charge in [0.05, 0.1) is 19.6 Å². The van der Waals surface area contributed by atoms with Crippen LogP contribution in [0.25, 0.3) is 0 Å². The van der Waals surface area contributed by atoms with Gasteiger partial charge in [-0.3, -0.25) is 9.69 Å². The first-order chi connectivity index (χ1) is 12.1. The molecule has 3 rings (SSSR count). The molecule has 9 heteroatoms. The molecule has 1 aromatic heterocycles. The number of hydrogen-bond acceptors (Lipinski definition) is 6. The summed E-state index contributed by atoms with van der Waals surface area (Å²) in [6, 6.07) is 5.17. The van der Waals surface area contributed by atoms with Crippen molar-refractivity contribution in [2.45, 2.75) is 6.42 Å². The van der Waals surface area contributed by atoms with E-state index in [-0.39, 0.29) is 11.8 Å². The first kappa shape index (κ1) is 18.1. The van der Waals surface area contributed by atoms with E-state index in [1.807, 2.05) is 0 Å². The minimum Gasteiger partial charge on any atom is -0.417 e. The third kappa shape index (κ3) is 5.15. The van der Waals surface area contributed by atoms with Gasteiger partial charge >= 0.3 is 11.8 Å². The van der Waals surface area contributed by atoms with Crippen molar-refractivity contribution in [2.24, 2.45) is 0 Å². The zero-order valence-electron chi connectivity index (χ0n) is 13.5. The van der Waals surface area contributed by atoms with Crippen LogP contribution in [0.3, 0.4) is 0 Å². The number of morpholine rings is 1. The van der Waals surface area contributed by atoms with Gasteiger partial charge in [0, 0.05) is 36.2 Å². The fourth-order valence-corrected chi connectivity index (χ4v) is 2.95. The lowest BCUT2D eigenvalue weighted by Crippen LogP contribution is -2.41. The van der Waals surface area contributed by atoms with Crippen LogP contribution < -0.4 is 5.32 Å². The Kier molecular flexibility index (Phi) is 6.25. The molecule has 134 valence electrons. The third-order valence-corrected chi connectivity index (χ3v) is 4.42. The molecule has 25 heavy (non-hydrogen) atoms. The number of rotatable bonds is 6. The Hall–Kier alpha value is -1.67. The number of nitrogens with zero attached hydrogens (tertiary/aromatic N) is 3. The van der Waals surface area contributed by atoms with Crippen LogP contribution in [0, 0.1) is 0 Å². The van der Waals surface area contributed by atoms with Gasteiger partial charge in [-0.1, -0.05) is 29.3 Å². The third-order valence-electron chi connectivity index (χ3n) is 3.84. The predicted molar refractivity (Wildman–Crippen MR) is 93.2 cm³/mol. The summed E-state index contributed by atoms with van der Waals surface area (Å²) in [6.07, 6.45) is 0.337. The maximum atomic E-state index is 12.1. The van der Waals surface area contributed by atoms with Crippen molar-refractivity contribution >= 4 is 29.1 Å². The highest BCUT2D eigenvalue weighted by Crippen LogP contribution is 2.23. The molecule has 0 unspecified atom stereocenters. The molecular weight excluding hydrogens is 367 g/mol. The molecule has 2 aromatic rings. The SMILES string of the molecule is O=C(NCCN1CCOCC1)c1nnc(Cc2ccc(Cl)cc2Cl)o1. The standard InChI is InChI=1S/C16H18Cl2N4O3/c17-12-2-1-11(13(18)10-12)9-14-20-21-16(25-14)15(23)19-3-4-22-5-7-24-8-6-22/h1-2,10H,3-9H2,(H,19,23). The van der Waals surface area contributed by atoms with E-state index in [0.29, 0.717) is 28.9 Å². The zero-order valence-corrected chi connectivity index (χ0v) is 15.0. The Bertz CT molecular complexity index is 732. The smallest absolute Gasteiger partial charge is 0.308 e. The number of benzene rings is 1. The fourth-order valence-electron chi connectivity index (χ4n) is 2.47.